The van der Waals surface area contributed by atoms with E-state index in [9.17, 15) is 9.59 Å². The fourth-order valence-corrected chi connectivity index (χ4v) is 4.31. The van der Waals surface area contributed by atoms with Crippen LogP contribution < -0.4 is 9.64 Å². The maximum absolute atomic E-state index is 13.1. The number of nitrogens with zero attached hydrogens (tertiary/aromatic N) is 5. The average Bonchev–Trinajstić information content (AvgIpc) is 3.74. The van der Waals surface area contributed by atoms with Gasteiger partial charge in [0.15, 0.2) is 5.82 Å². The van der Waals surface area contributed by atoms with Gasteiger partial charge in [0.2, 0.25) is 11.8 Å². The zero-order valence-corrected chi connectivity index (χ0v) is 20.4. The molecule has 0 spiro atoms. The third-order valence-corrected chi connectivity index (χ3v) is 6.83. The van der Waals surface area contributed by atoms with Crippen LogP contribution in [0.2, 0.25) is 0 Å². The van der Waals surface area contributed by atoms with Gasteiger partial charge >= 0.3 is 0 Å². The molecule has 1 aliphatic carbocycles. The second kappa shape index (κ2) is 10.8. The normalized spacial score (nSPS) is 17.1. The number of carbonyl (C=O) groups excluding carboxylic acids is 2. The standard InChI is InChI=1S/C26H35N5O3/c1-4-19(2)31(26(33)20-9-10-20)18-25(32)30-14-6-13-29(15-16-30)24-12-11-23(27-28-24)21-7-5-8-22(17-21)34-3/h5,7-8,11-12,17,19-20H,4,6,9-10,13-16,18H2,1-3H3/t19-/m0/s1. The van der Waals surface area contributed by atoms with Crippen molar-refractivity contribution < 1.29 is 14.3 Å². The molecule has 0 bridgehead atoms. The van der Waals surface area contributed by atoms with Gasteiger partial charge in [0.05, 0.1) is 19.3 Å². The maximum atomic E-state index is 13.1. The highest BCUT2D eigenvalue weighted by Crippen LogP contribution is 2.32. The van der Waals surface area contributed by atoms with Crippen molar-refractivity contribution in [3.05, 3.63) is 36.4 Å². The Morgan fingerprint density at radius 2 is 1.94 bits per heavy atom. The van der Waals surface area contributed by atoms with Crippen LogP contribution in [0.3, 0.4) is 0 Å². The Labute approximate surface area is 201 Å². The van der Waals surface area contributed by atoms with Crippen LogP contribution in [-0.4, -0.2) is 77.7 Å². The molecule has 1 aromatic carbocycles. The maximum Gasteiger partial charge on any atom is 0.242 e. The smallest absolute Gasteiger partial charge is 0.242 e. The van der Waals surface area contributed by atoms with Crippen molar-refractivity contribution in [3.63, 3.8) is 0 Å². The molecule has 2 heterocycles. The van der Waals surface area contributed by atoms with Gasteiger partial charge in [0.1, 0.15) is 5.75 Å². The van der Waals surface area contributed by atoms with Gasteiger partial charge in [-0.3, -0.25) is 9.59 Å². The highest BCUT2D eigenvalue weighted by Gasteiger charge is 2.36. The first-order valence-corrected chi connectivity index (χ1v) is 12.3. The molecule has 182 valence electrons. The van der Waals surface area contributed by atoms with E-state index in [4.69, 9.17) is 4.74 Å². The lowest BCUT2D eigenvalue weighted by atomic mass is 10.1. The summed E-state index contributed by atoms with van der Waals surface area (Å²) in [5.41, 5.74) is 1.75. The van der Waals surface area contributed by atoms with Crippen LogP contribution in [0, 0.1) is 5.92 Å². The Morgan fingerprint density at radius 1 is 1.12 bits per heavy atom. The van der Waals surface area contributed by atoms with Gasteiger partial charge in [-0.15, -0.1) is 10.2 Å². The van der Waals surface area contributed by atoms with E-state index >= 15 is 0 Å². The van der Waals surface area contributed by atoms with Crippen LogP contribution in [0.1, 0.15) is 39.5 Å². The third kappa shape index (κ3) is 5.66. The molecule has 0 radical (unpaired) electrons. The lowest BCUT2D eigenvalue weighted by molar-refractivity contribution is -0.143. The molecule has 0 unspecified atom stereocenters. The van der Waals surface area contributed by atoms with Crippen molar-refractivity contribution >= 4 is 17.6 Å². The van der Waals surface area contributed by atoms with Gasteiger partial charge < -0.3 is 19.4 Å². The number of benzene rings is 1. The average molecular weight is 466 g/mol. The number of aromatic nitrogens is 2. The van der Waals surface area contributed by atoms with E-state index in [0.29, 0.717) is 19.6 Å². The lowest BCUT2D eigenvalue weighted by Crippen LogP contribution is -2.47. The van der Waals surface area contributed by atoms with Gasteiger partial charge in [0, 0.05) is 43.7 Å². The number of methoxy groups -OCH3 is 1. The van der Waals surface area contributed by atoms with Crippen molar-refractivity contribution in [2.24, 2.45) is 5.92 Å². The topological polar surface area (TPSA) is 78.9 Å². The van der Waals surface area contributed by atoms with Gasteiger partial charge in [0.25, 0.3) is 0 Å². The Bertz CT molecular complexity index is 992. The first-order valence-electron chi connectivity index (χ1n) is 12.3. The predicted octanol–water partition coefficient (Wildman–Crippen LogP) is 3.23. The highest BCUT2D eigenvalue weighted by molar-refractivity contribution is 5.87. The van der Waals surface area contributed by atoms with Crippen molar-refractivity contribution in [2.45, 2.75) is 45.6 Å². The molecule has 2 amide bonds. The summed E-state index contributed by atoms with van der Waals surface area (Å²) in [6.45, 7) is 7.09. The van der Waals surface area contributed by atoms with Crippen LogP contribution >= 0.6 is 0 Å². The van der Waals surface area contributed by atoms with Crippen LogP contribution in [0.15, 0.2) is 36.4 Å². The fourth-order valence-electron chi connectivity index (χ4n) is 4.31. The third-order valence-electron chi connectivity index (χ3n) is 6.83. The first-order chi connectivity index (χ1) is 16.5. The first kappa shape index (κ1) is 24.0. The molecule has 2 aromatic rings. The number of ether oxygens (including phenoxy) is 1. The second-order valence-electron chi connectivity index (χ2n) is 9.23. The SMILES string of the molecule is CC[C@H](C)N(CC(=O)N1CCCN(c2ccc(-c3cccc(OC)c3)nn2)CC1)C(=O)C1CC1. The van der Waals surface area contributed by atoms with Crippen LogP contribution in [0.5, 0.6) is 5.75 Å². The quantitative estimate of drug-likeness (QED) is 0.596. The minimum absolute atomic E-state index is 0.0376. The van der Waals surface area contributed by atoms with Crippen LogP contribution in [0.25, 0.3) is 11.3 Å². The summed E-state index contributed by atoms with van der Waals surface area (Å²) in [4.78, 5) is 31.7. The van der Waals surface area contributed by atoms with Gasteiger partial charge in [-0.05, 0) is 56.9 Å². The minimum atomic E-state index is 0.0376. The molecule has 8 heteroatoms. The van der Waals surface area contributed by atoms with Crippen LogP contribution in [0.4, 0.5) is 5.82 Å². The molecule has 1 atom stereocenters. The highest BCUT2D eigenvalue weighted by atomic mass is 16.5. The van der Waals surface area contributed by atoms with E-state index in [1.165, 1.54) is 0 Å². The zero-order chi connectivity index (χ0) is 24.1. The van der Waals surface area contributed by atoms with E-state index in [-0.39, 0.29) is 30.3 Å². The molecule has 0 N–H and O–H groups in total. The second-order valence-corrected chi connectivity index (χ2v) is 9.23. The van der Waals surface area contributed by atoms with Crippen LogP contribution in [-0.2, 0) is 9.59 Å². The van der Waals surface area contributed by atoms with Crippen molar-refractivity contribution in [1.82, 2.24) is 20.0 Å². The summed E-state index contributed by atoms with van der Waals surface area (Å²) >= 11 is 0. The number of amides is 2. The van der Waals surface area contributed by atoms with E-state index < -0.39 is 0 Å². The summed E-state index contributed by atoms with van der Waals surface area (Å²) in [5.74, 6) is 1.90. The van der Waals surface area contributed by atoms with Crippen molar-refractivity contribution in [1.29, 1.82) is 0 Å². The summed E-state index contributed by atoms with van der Waals surface area (Å²) in [7, 11) is 1.65. The van der Waals surface area contributed by atoms with E-state index in [2.05, 4.69) is 22.0 Å². The predicted molar refractivity (Wildman–Crippen MR) is 132 cm³/mol. The molecule has 34 heavy (non-hydrogen) atoms. The zero-order valence-electron chi connectivity index (χ0n) is 20.4. The van der Waals surface area contributed by atoms with Gasteiger partial charge in [-0.1, -0.05) is 19.1 Å². The van der Waals surface area contributed by atoms with Crippen molar-refractivity contribution in [3.8, 4) is 17.0 Å². The van der Waals surface area contributed by atoms with Gasteiger partial charge in [-0.2, -0.15) is 0 Å². The van der Waals surface area contributed by atoms with Crippen molar-refractivity contribution in [2.75, 3.05) is 44.7 Å². The van der Waals surface area contributed by atoms with Gasteiger partial charge in [-0.25, -0.2) is 0 Å². The summed E-state index contributed by atoms with van der Waals surface area (Å²) < 4.78 is 5.30. The number of anilines is 1. The monoisotopic (exact) mass is 465 g/mol. The fraction of sp³-hybridized carbons (Fsp3) is 0.538. The molecular weight excluding hydrogens is 430 g/mol. The molecule has 1 saturated heterocycles. The summed E-state index contributed by atoms with van der Waals surface area (Å²) in [6, 6.07) is 11.8. The van der Waals surface area contributed by atoms with E-state index in [1.54, 1.807) is 12.0 Å². The molecule has 1 saturated carbocycles. The molecule has 1 aliphatic heterocycles. The molecule has 2 aliphatic rings. The van der Waals surface area contributed by atoms with E-state index in [1.807, 2.05) is 48.2 Å². The molecule has 2 fully saturated rings. The largest absolute Gasteiger partial charge is 0.497 e. The number of hydrogen-bond acceptors (Lipinski definition) is 6. The Morgan fingerprint density at radius 3 is 2.62 bits per heavy atom. The molecule has 1 aromatic heterocycles. The molecule has 4 rings (SSSR count). The number of carbonyl (C=O) groups is 2. The molecular formula is C26H35N5O3. The number of rotatable bonds is 8. The number of hydrogen-bond donors (Lipinski definition) is 0. The summed E-state index contributed by atoms with van der Waals surface area (Å²) in [5, 5.41) is 8.88. The summed E-state index contributed by atoms with van der Waals surface area (Å²) in [6.07, 6.45) is 3.61. The van der Waals surface area contributed by atoms with E-state index in [0.717, 1.165) is 55.1 Å². The lowest BCUT2D eigenvalue weighted by Gasteiger charge is -2.31. The Hall–Kier alpha value is -3.16. The Kier molecular flexibility index (Phi) is 7.65. The Balaban J connectivity index is 1.36. The minimum Gasteiger partial charge on any atom is -0.497 e. The molecule has 8 nitrogen and oxygen atoms in total.